The van der Waals surface area contributed by atoms with Crippen molar-refractivity contribution < 1.29 is 53.4 Å². The van der Waals surface area contributed by atoms with Crippen LogP contribution in [0.15, 0.2) is 24.0 Å². The maximum atomic E-state index is 13.1. The number of esters is 2. The minimum Gasteiger partial charge on any atom is -0.493 e. The molecule has 0 radical (unpaired) electrons. The summed E-state index contributed by atoms with van der Waals surface area (Å²) in [6.45, 7) is 2.97. The van der Waals surface area contributed by atoms with Gasteiger partial charge in [-0.2, -0.15) is 0 Å². The first kappa shape index (κ1) is 27.9. The van der Waals surface area contributed by atoms with E-state index < -0.39 is 59.2 Å². The number of piperidine rings is 1. The molecular weight excluding hydrogens is 528 g/mol. The van der Waals surface area contributed by atoms with Gasteiger partial charge in [-0.15, -0.1) is 0 Å². The summed E-state index contributed by atoms with van der Waals surface area (Å²) in [6.07, 6.45) is -1.06. The predicted octanol–water partition coefficient (Wildman–Crippen LogP) is -0.602. The quantitative estimate of drug-likeness (QED) is 0.234. The molecule has 1 spiro atoms. The van der Waals surface area contributed by atoms with Gasteiger partial charge in [-0.1, -0.05) is 6.07 Å². The van der Waals surface area contributed by atoms with E-state index in [1.54, 1.807) is 6.08 Å². The topological polar surface area (TPSA) is 181 Å². The highest BCUT2D eigenvalue weighted by Gasteiger charge is 2.72. The number of likely N-dealkylation sites (N-methyl/N-ethyl adjacent to an activating group) is 1. The second-order valence-corrected chi connectivity index (χ2v) is 10.7. The number of carbonyl (C=O) groups is 4. The van der Waals surface area contributed by atoms with Crippen molar-refractivity contribution in [2.24, 2.45) is 0 Å². The first-order valence-electron chi connectivity index (χ1n) is 13.0. The molecule has 4 aliphatic rings. The lowest BCUT2D eigenvalue weighted by Crippen LogP contribution is -2.74. The summed E-state index contributed by atoms with van der Waals surface area (Å²) in [6, 6.07) is 1.45. The molecule has 216 valence electrons. The van der Waals surface area contributed by atoms with Gasteiger partial charge in [-0.25, -0.2) is 14.4 Å². The molecule has 1 fully saturated rings. The van der Waals surface area contributed by atoms with E-state index in [1.807, 2.05) is 24.5 Å². The number of methoxy groups -OCH3 is 1. The molecule has 5 rings (SSSR count). The number of nitrogens with zero attached hydrogens (tertiary/aromatic N) is 1. The molecule has 13 heteroatoms. The smallest absolute Gasteiger partial charge is 0.352 e. The third kappa shape index (κ3) is 3.94. The lowest BCUT2D eigenvalue weighted by atomic mass is 9.50. The van der Waals surface area contributed by atoms with Crippen molar-refractivity contribution in [1.29, 1.82) is 0 Å². The SMILES string of the molecule is COc1ccc2c3c1O[C@H]1C(OC(=O)[C@H](C)OC(=O)[C@H](NC(=O)[C@H](C)O)C(=O)O)=CC[C@@]4(O)[C@@H](C2)N(C)CC[C@]314. The molecule has 0 unspecified atom stereocenters. The van der Waals surface area contributed by atoms with Gasteiger partial charge in [-0.05, 0) is 58.0 Å². The third-order valence-electron chi connectivity index (χ3n) is 8.55. The van der Waals surface area contributed by atoms with Gasteiger partial charge in [0.1, 0.15) is 11.9 Å². The molecule has 2 aliphatic heterocycles. The molecule has 40 heavy (non-hydrogen) atoms. The van der Waals surface area contributed by atoms with Crippen LogP contribution < -0.4 is 14.8 Å². The number of likely N-dealkylation sites (tertiary alicyclic amines) is 1. The number of nitrogens with one attached hydrogen (secondary N) is 1. The Morgan fingerprint density at radius 1 is 1.20 bits per heavy atom. The molecule has 1 aromatic carbocycles. The minimum atomic E-state index is -2.14. The van der Waals surface area contributed by atoms with Crippen LogP contribution in [0.2, 0.25) is 0 Å². The molecule has 0 saturated carbocycles. The van der Waals surface area contributed by atoms with E-state index in [0.717, 1.165) is 18.1 Å². The maximum absolute atomic E-state index is 13.1. The first-order chi connectivity index (χ1) is 18.9. The van der Waals surface area contributed by atoms with Gasteiger partial charge in [0, 0.05) is 18.0 Å². The zero-order valence-electron chi connectivity index (χ0n) is 22.5. The number of aliphatic hydroxyl groups excluding tert-OH is 1. The summed E-state index contributed by atoms with van der Waals surface area (Å²) in [7, 11) is 3.49. The van der Waals surface area contributed by atoms with Gasteiger partial charge < -0.3 is 44.5 Å². The zero-order valence-corrected chi connectivity index (χ0v) is 22.5. The highest BCUT2D eigenvalue weighted by atomic mass is 16.6. The van der Waals surface area contributed by atoms with E-state index in [9.17, 15) is 34.5 Å². The average molecular weight is 561 g/mol. The Labute approximate surface area is 229 Å². The summed E-state index contributed by atoms with van der Waals surface area (Å²) in [5.41, 5.74) is -0.248. The van der Waals surface area contributed by atoms with Crippen LogP contribution in [0.5, 0.6) is 11.5 Å². The standard InChI is InChI=1S/C27H32N2O11/c1-12(30)22(31)28-19(23(32)33)25(35)38-13(2)24(34)39-16-7-8-27(36)17-11-14-5-6-15(37-4)20-18(14)26(27,21(16)40-20)9-10-29(17)3/h5-7,12-13,17,19,21,30,36H,8-11H2,1-4H3,(H,28,31)(H,32,33)/t12-,13-,17+,19+,21-,26-,27+/m0/s1. The van der Waals surface area contributed by atoms with Gasteiger partial charge in [-0.3, -0.25) is 4.79 Å². The van der Waals surface area contributed by atoms with Crippen molar-refractivity contribution in [3.05, 3.63) is 35.1 Å². The van der Waals surface area contributed by atoms with E-state index in [0.29, 0.717) is 30.9 Å². The van der Waals surface area contributed by atoms with Crippen molar-refractivity contribution in [2.45, 2.75) is 74.5 Å². The Hall–Kier alpha value is -3.68. The Kier molecular flexibility index (Phi) is 6.79. The summed E-state index contributed by atoms with van der Waals surface area (Å²) in [4.78, 5) is 50.8. The highest BCUT2D eigenvalue weighted by Crippen LogP contribution is 2.65. The molecule has 1 saturated heterocycles. The van der Waals surface area contributed by atoms with E-state index >= 15 is 0 Å². The monoisotopic (exact) mass is 560 g/mol. The second-order valence-electron chi connectivity index (χ2n) is 10.7. The molecule has 2 aliphatic carbocycles. The lowest BCUT2D eigenvalue weighted by Gasteiger charge is -2.61. The average Bonchev–Trinajstić information content (AvgIpc) is 3.26. The van der Waals surface area contributed by atoms with Crippen LogP contribution in [0.25, 0.3) is 0 Å². The number of carboxylic acid groups (broad SMARTS) is 1. The Balaban J connectivity index is 1.40. The highest BCUT2D eigenvalue weighted by molar-refractivity contribution is 6.02. The number of ether oxygens (including phenoxy) is 4. The van der Waals surface area contributed by atoms with Crippen LogP contribution in [0, 0.1) is 0 Å². The normalized spacial score (nSPS) is 30.0. The fraction of sp³-hybridized carbons (Fsp3) is 0.556. The molecule has 2 bridgehead atoms. The number of carboxylic acids is 1. The Morgan fingerprint density at radius 3 is 2.58 bits per heavy atom. The fourth-order valence-corrected chi connectivity index (χ4v) is 6.56. The molecule has 1 amide bonds. The lowest BCUT2D eigenvalue weighted by molar-refractivity contribution is -0.177. The van der Waals surface area contributed by atoms with Crippen LogP contribution in [0.1, 0.15) is 37.8 Å². The second kappa shape index (κ2) is 9.75. The summed E-state index contributed by atoms with van der Waals surface area (Å²) < 4.78 is 22.6. The minimum absolute atomic E-state index is 0.143. The number of hydrogen-bond donors (Lipinski definition) is 4. The number of hydrogen-bond acceptors (Lipinski definition) is 11. The van der Waals surface area contributed by atoms with Crippen molar-refractivity contribution in [1.82, 2.24) is 10.2 Å². The summed E-state index contributed by atoms with van der Waals surface area (Å²) >= 11 is 0. The largest absolute Gasteiger partial charge is 0.493 e. The zero-order chi connectivity index (χ0) is 29.1. The summed E-state index contributed by atoms with van der Waals surface area (Å²) in [5.74, 6) is -4.12. The molecule has 2 heterocycles. The van der Waals surface area contributed by atoms with Gasteiger partial charge in [0.05, 0.1) is 18.1 Å². The van der Waals surface area contributed by atoms with Crippen molar-refractivity contribution in [2.75, 3.05) is 20.7 Å². The van der Waals surface area contributed by atoms with Gasteiger partial charge in [0.25, 0.3) is 0 Å². The van der Waals surface area contributed by atoms with Crippen LogP contribution >= 0.6 is 0 Å². The van der Waals surface area contributed by atoms with E-state index in [1.165, 1.54) is 14.0 Å². The Morgan fingerprint density at radius 2 is 1.93 bits per heavy atom. The number of aliphatic carboxylic acids is 1. The molecule has 1 aromatic rings. The maximum Gasteiger partial charge on any atom is 0.352 e. The van der Waals surface area contributed by atoms with E-state index in [4.69, 9.17) is 18.9 Å². The van der Waals surface area contributed by atoms with Crippen LogP contribution in [-0.2, 0) is 40.5 Å². The Bertz CT molecular complexity index is 1310. The van der Waals surface area contributed by atoms with Crippen molar-refractivity contribution >= 4 is 23.8 Å². The van der Waals surface area contributed by atoms with Gasteiger partial charge in [0.2, 0.25) is 11.9 Å². The van der Waals surface area contributed by atoms with E-state index in [2.05, 4.69) is 4.90 Å². The molecule has 0 aromatic heterocycles. The van der Waals surface area contributed by atoms with Crippen LogP contribution in [-0.4, -0.2) is 101 Å². The predicted molar refractivity (Wildman–Crippen MR) is 134 cm³/mol. The number of aliphatic hydroxyl groups is 2. The number of amides is 1. The molecule has 4 N–H and O–H groups in total. The fourth-order valence-electron chi connectivity index (χ4n) is 6.56. The summed E-state index contributed by atoms with van der Waals surface area (Å²) in [5, 5.41) is 32.7. The third-order valence-corrected chi connectivity index (χ3v) is 8.55. The van der Waals surface area contributed by atoms with Crippen molar-refractivity contribution in [3.63, 3.8) is 0 Å². The van der Waals surface area contributed by atoms with E-state index in [-0.39, 0.29) is 18.2 Å². The van der Waals surface area contributed by atoms with Gasteiger partial charge >= 0.3 is 17.9 Å². The number of benzene rings is 1. The molecule has 13 nitrogen and oxygen atoms in total. The number of rotatable bonds is 8. The van der Waals surface area contributed by atoms with Crippen LogP contribution in [0.3, 0.4) is 0 Å². The van der Waals surface area contributed by atoms with Gasteiger partial charge in [0.15, 0.2) is 23.7 Å². The van der Waals surface area contributed by atoms with Crippen LogP contribution in [0.4, 0.5) is 0 Å². The number of carbonyl (C=O) groups excluding carboxylic acids is 3. The molecular formula is C27H32N2O11. The molecule has 7 atom stereocenters. The van der Waals surface area contributed by atoms with Crippen molar-refractivity contribution in [3.8, 4) is 11.5 Å². The first-order valence-corrected chi connectivity index (χ1v) is 13.0.